The fourth-order valence-electron chi connectivity index (χ4n) is 1.63. The van der Waals surface area contributed by atoms with Crippen LogP contribution in [0.4, 0.5) is 14.6 Å². The molecular formula is C14H14F2N2O. The highest BCUT2D eigenvalue weighted by Crippen LogP contribution is 2.21. The van der Waals surface area contributed by atoms with Crippen LogP contribution in [0, 0.1) is 11.6 Å². The van der Waals surface area contributed by atoms with Gasteiger partial charge in [-0.05, 0) is 25.1 Å². The van der Waals surface area contributed by atoms with Crippen LogP contribution in [0.3, 0.4) is 0 Å². The Morgan fingerprint density at radius 1 is 1.21 bits per heavy atom. The van der Waals surface area contributed by atoms with Crippen molar-refractivity contribution in [3.8, 4) is 5.75 Å². The number of ether oxygens (including phenoxy) is 1. The number of rotatable bonds is 5. The SMILES string of the molecule is CCNc1ncccc1COc1cccc(F)c1F. The van der Waals surface area contributed by atoms with E-state index in [2.05, 4.69) is 10.3 Å². The normalized spacial score (nSPS) is 10.3. The number of benzene rings is 1. The molecule has 100 valence electrons. The predicted octanol–water partition coefficient (Wildman–Crippen LogP) is 3.37. The largest absolute Gasteiger partial charge is 0.486 e. The summed E-state index contributed by atoms with van der Waals surface area (Å²) in [7, 11) is 0. The lowest BCUT2D eigenvalue weighted by Gasteiger charge is -2.11. The summed E-state index contributed by atoms with van der Waals surface area (Å²) in [6.07, 6.45) is 1.66. The first kappa shape index (κ1) is 13.3. The highest BCUT2D eigenvalue weighted by molar-refractivity contribution is 5.43. The molecule has 19 heavy (non-hydrogen) atoms. The molecule has 0 saturated heterocycles. The standard InChI is InChI=1S/C14H14F2N2O/c1-2-17-14-10(5-4-8-18-14)9-19-12-7-3-6-11(15)13(12)16/h3-8H,2,9H2,1H3,(H,17,18). The van der Waals surface area contributed by atoms with Crippen LogP contribution in [-0.2, 0) is 6.61 Å². The molecule has 1 N–H and O–H groups in total. The van der Waals surface area contributed by atoms with E-state index in [9.17, 15) is 8.78 Å². The molecule has 2 aromatic rings. The summed E-state index contributed by atoms with van der Waals surface area (Å²) in [4.78, 5) is 4.16. The average molecular weight is 264 g/mol. The number of pyridine rings is 1. The number of hydrogen-bond donors (Lipinski definition) is 1. The van der Waals surface area contributed by atoms with Crippen molar-refractivity contribution in [1.82, 2.24) is 4.98 Å². The zero-order valence-corrected chi connectivity index (χ0v) is 10.5. The van der Waals surface area contributed by atoms with Gasteiger partial charge in [-0.15, -0.1) is 0 Å². The summed E-state index contributed by atoms with van der Waals surface area (Å²) in [6, 6.07) is 7.43. The van der Waals surface area contributed by atoms with Crippen molar-refractivity contribution in [3.63, 3.8) is 0 Å². The third kappa shape index (κ3) is 3.19. The lowest BCUT2D eigenvalue weighted by molar-refractivity contribution is 0.285. The molecule has 5 heteroatoms. The van der Waals surface area contributed by atoms with Crippen molar-refractivity contribution in [2.45, 2.75) is 13.5 Å². The Balaban J connectivity index is 2.12. The minimum absolute atomic E-state index is 0.105. The van der Waals surface area contributed by atoms with Crippen LogP contribution in [0.15, 0.2) is 36.5 Å². The van der Waals surface area contributed by atoms with E-state index in [4.69, 9.17) is 4.74 Å². The van der Waals surface area contributed by atoms with Gasteiger partial charge in [-0.3, -0.25) is 0 Å². The van der Waals surface area contributed by atoms with Crippen LogP contribution >= 0.6 is 0 Å². The Morgan fingerprint density at radius 3 is 2.84 bits per heavy atom. The van der Waals surface area contributed by atoms with E-state index in [0.717, 1.165) is 18.2 Å². The van der Waals surface area contributed by atoms with Crippen LogP contribution in [-0.4, -0.2) is 11.5 Å². The second kappa shape index (κ2) is 6.13. The van der Waals surface area contributed by atoms with Gasteiger partial charge in [-0.2, -0.15) is 4.39 Å². The first-order valence-corrected chi connectivity index (χ1v) is 5.97. The third-order valence-corrected chi connectivity index (χ3v) is 2.53. The van der Waals surface area contributed by atoms with Crippen molar-refractivity contribution < 1.29 is 13.5 Å². The molecule has 0 atom stereocenters. The quantitative estimate of drug-likeness (QED) is 0.899. The predicted molar refractivity (Wildman–Crippen MR) is 69.1 cm³/mol. The Morgan fingerprint density at radius 2 is 2.05 bits per heavy atom. The molecule has 2 rings (SSSR count). The molecule has 1 aromatic heterocycles. The van der Waals surface area contributed by atoms with Crippen LogP contribution < -0.4 is 10.1 Å². The van der Waals surface area contributed by atoms with Gasteiger partial charge in [-0.1, -0.05) is 12.1 Å². The smallest absolute Gasteiger partial charge is 0.200 e. The van der Waals surface area contributed by atoms with Crippen molar-refractivity contribution >= 4 is 5.82 Å². The van der Waals surface area contributed by atoms with Gasteiger partial charge in [-0.25, -0.2) is 9.37 Å². The summed E-state index contributed by atoms with van der Waals surface area (Å²) in [5, 5.41) is 3.08. The van der Waals surface area contributed by atoms with Gasteiger partial charge in [0, 0.05) is 18.3 Å². The molecule has 0 aliphatic carbocycles. The van der Waals surface area contributed by atoms with Crippen molar-refractivity contribution in [2.24, 2.45) is 0 Å². The Labute approximate surface area is 110 Å². The van der Waals surface area contributed by atoms with Crippen LogP contribution in [0.1, 0.15) is 12.5 Å². The Kier molecular flexibility index (Phi) is 4.28. The maximum absolute atomic E-state index is 13.4. The zero-order valence-electron chi connectivity index (χ0n) is 10.5. The zero-order chi connectivity index (χ0) is 13.7. The fraction of sp³-hybridized carbons (Fsp3) is 0.214. The second-order valence-electron chi connectivity index (χ2n) is 3.88. The molecule has 0 bridgehead atoms. The van der Waals surface area contributed by atoms with E-state index < -0.39 is 11.6 Å². The van der Waals surface area contributed by atoms with Crippen molar-refractivity contribution in [3.05, 3.63) is 53.7 Å². The molecule has 1 heterocycles. The summed E-state index contributed by atoms with van der Waals surface area (Å²) >= 11 is 0. The van der Waals surface area contributed by atoms with E-state index in [0.29, 0.717) is 5.82 Å². The number of anilines is 1. The molecule has 0 unspecified atom stereocenters. The highest BCUT2D eigenvalue weighted by Gasteiger charge is 2.10. The average Bonchev–Trinajstić information content (AvgIpc) is 2.42. The highest BCUT2D eigenvalue weighted by atomic mass is 19.2. The van der Waals surface area contributed by atoms with E-state index >= 15 is 0 Å². The first-order valence-electron chi connectivity index (χ1n) is 5.97. The maximum atomic E-state index is 13.4. The van der Waals surface area contributed by atoms with Gasteiger partial charge in [0.1, 0.15) is 12.4 Å². The number of halogens is 2. The van der Waals surface area contributed by atoms with Crippen LogP contribution in [0.5, 0.6) is 5.75 Å². The molecule has 0 fully saturated rings. The summed E-state index contributed by atoms with van der Waals surface area (Å²) in [5.41, 5.74) is 0.785. The molecule has 3 nitrogen and oxygen atoms in total. The molecular weight excluding hydrogens is 250 g/mol. The molecule has 0 aliphatic heterocycles. The second-order valence-corrected chi connectivity index (χ2v) is 3.88. The fourth-order valence-corrected chi connectivity index (χ4v) is 1.63. The third-order valence-electron chi connectivity index (χ3n) is 2.53. The van der Waals surface area contributed by atoms with Crippen LogP contribution in [0.25, 0.3) is 0 Å². The minimum Gasteiger partial charge on any atom is -0.486 e. The molecule has 0 amide bonds. The van der Waals surface area contributed by atoms with Crippen molar-refractivity contribution in [1.29, 1.82) is 0 Å². The Bertz CT molecular complexity index is 561. The Hall–Kier alpha value is -2.17. The maximum Gasteiger partial charge on any atom is 0.200 e. The van der Waals surface area contributed by atoms with Gasteiger partial charge < -0.3 is 10.1 Å². The summed E-state index contributed by atoms with van der Waals surface area (Å²) in [5.74, 6) is -1.32. The van der Waals surface area contributed by atoms with E-state index in [1.54, 1.807) is 12.3 Å². The number of hydrogen-bond acceptors (Lipinski definition) is 3. The van der Waals surface area contributed by atoms with E-state index in [1.165, 1.54) is 12.1 Å². The van der Waals surface area contributed by atoms with Gasteiger partial charge in [0.05, 0.1) is 0 Å². The van der Waals surface area contributed by atoms with Gasteiger partial charge >= 0.3 is 0 Å². The van der Waals surface area contributed by atoms with E-state index in [1.807, 2.05) is 13.0 Å². The lowest BCUT2D eigenvalue weighted by Crippen LogP contribution is -2.06. The topological polar surface area (TPSA) is 34.2 Å². The molecule has 0 spiro atoms. The first-order chi connectivity index (χ1) is 9.22. The van der Waals surface area contributed by atoms with Crippen molar-refractivity contribution in [2.75, 3.05) is 11.9 Å². The number of nitrogens with one attached hydrogen (secondary N) is 1. The van der Waals surface area contributed by atoms with Gasteiger partial charge in [0.2, 0.25) is 5.82 Å². The van der Waals surface area contributed by atoms with Gasteiger partial charge in [0.15, 0.2) is 11.6 Å². The summed E-state index contributed by atoms with van der Waals surface area (Å²) in [6.45, 7) is 2.79. The van der Waals surface area contributed by atoms with Crippen LogP contribution in [0.2, 0.25) is 0 Å². The number of nitrogens with zero attached hydrogens (tertiary/aromatic N) is 1. The summed E-state index contributed by atoms with van der Waals surface area (Å²) < 4.78 is 31.7. The molecule has 0 aliphatic rings. The lowest BCUT2D eigenvalue weighted by atomic mass is 10.2. The number of aromatic nitrogens is 1. The molecule has 0 saturated carbocycles. The molecule has 0 radical (unpaired) electrons. The monoisotopic (exact) mass is 264 g/mol. The van der Waals surface area contributed by atoms with E-state index in [-0.39, 0.29) is 12.4 Å². The minimum atomic E-state index is -0.976. The van der Waals surface area contributed by atoms with Gasteiger partial charge in [0.25, 0.3) is 0 Å². The molecule has 1 aromatic carbocycles.